The predicted molar refractivity (Wildman–Crippen MR) is 64.0 cm³/mol. The summed E-state index contributed by atoms with van der Waals surface area (Å²) in [7, 11) is 0. The van der Waals surface area contributed by atoms with Crippen LogP contribution in [0.1, 0.15) is 54.4 Å². The summed E-state index contributed by atoms with van der Waals surface area (Å²) in [5.74, 6) is 0. The fraction of sp³-hybridized carbons (Fsp3) is 0.769. The lowest BCUT2D eigenvalue weighted by Gasteiger charge is -2.21. The molecule has 0 aromatic carbocycles. The zero-order chi connectivity index (χ0) is 11.0. The van der Waals surface area contributed by atoms with E-state index < -0.39 is 0 Å². The molecular formula is C13H23N. The molecule has 80 valence electrons. The highest BCUT2D eigenvalue weighted by atomic mass is 14.9. The highest BCUT2D eigenvalue weighted by molar-refractivity contribution is 6.05. The molecule has 0 bridgehead atoms. The van der Waals surface area contributed by atoms with Crippen molar-refractivity contribution in [3.8, 4) is 0 Å². The Balaban J connectivity index is 3.00. The molecule has 0 fully saturated rings. The molecule has 1 aliphatic rings. The molecule has 1 heteroatoms. The molecule has 0 atom stereocenters. The van der Waals surface area contributed by atoms with Crippen LogP contribution in [0.25, 0.3) is 0 Å². The molecule has 0 amide bonds. The van der Waals surface area contributed by atoms with Crippen LogP contribution in [0.2, 0.25) is 0 Å². The standard InChI is InChI=1S/C13H23N/c1-7-8-10-9-13(5,6)14-11(10)12(2,3)4/h9H,7-8H2,1-6H3. The summed E-state index contributed by atoms with van der Waals surface area (Å²) in [6.45, 7) is 13.3. The molecule has 1 nitrogen and oxygen atoms in total. The summed E-state index contributed by atoms with van der Waals surface area (Å²) < 4.78 is 0. The molecule has 0 spiro atoms. The molecule has 0 unspecified atom stereocenters. The van der Waals surface area contributed by atoms with Crippen molar-refractivity contribution in [2.75, 3.05) is 0 Å². The van der Waals surface area contributed by atoms with E-state index in [0.29, 0.717) is 0 Å². The summed E-state index contributed by atoms with van der Waals surface area (Å²) in [6, 6.07) is 0. The Labute approximate surface area is 88.3 Å². The number of hydrogen-bond acceptors (Lipinski definition) is 1. The van der Waals surface area contributed by atoms with Crippen molar-refractivity contribution in [2.45, 2.75) is 59.9 Å². The molecule has 1 heterocycles. The molecule has 0 radical (unpaired) electrons. The molecule has 0 aromatic rings. The van der Waals surface area contributed by atoms with Crippen molar-refractivity contribution in [3.63, 3.8) is 0 Å². The predicted octanol–water partition coefficient (Wildman–Crippen LogP) is 3.99. The summed E-state index contributed by atoms with van der Waals surface area (Å²) in [5.41, 5.74) is 2.98. The monoisotopic (exact) mass is 193 g/mol. The van der Waals surface area contributed by atoms with Gasteiger partial charge in [-0.05, 0) is 25.8 Å². The van der Waals surface area contributed by atoms with Gasteiger partial charge < -0.3 is 0 Å². The second-order valence-corrected chi connectivity index (χ2v) is 5.78. The second kappa shape index (κ2) is 3.52. The maximum Gasteiger partial charge on any atom is 0.0741 e. The average Bonchev–Trinajstić information content (AvgIpc) is 2.25. The van der Waals surface area contributed by atoms with Crippen LogP contribution >= 0.6 is 0 Å². The summed E-state index contributed by atoms with van der Waals surface area (Å²) >= 11 is 0. The van der Waals surface area contributed by atoms with Gasteiger partial charge in [0.25, 0.3) is 0 Å². The van der Waals surface area contributed by atoms with E-state index in [9.17, 15) is 0 Å². The van der Waals surface area contributed by atoms with E-state index in [1.807, 2.05) is 0 Å². The number of rotatable bonds is 2. The van der Waals surface area contributed by atoms with Gasteiger partial charge in [-0.25, -0.2) is 0 Å². The quantitative estimate of drug-likeness (QED) is 0.628. The van der Waals surface area contributed by atoms with E-state index in [1.54, 1.807) is 0 Å². The van der Waals surface area contributed by atoms with Crippen LogP contribution in [0.3, 0.4) is 0 Å². The largest absolute Gasteiger partial charge is 0.279 e. The summed E-state index contributed by atoms with van der Waals surface area (Å²) in [6.07, 6.45) is 4.70. The minimum Gasteiger partial charge on any atom is -0.279 e. The van der Waals surface area contributed by atoms with Gasteiger partial charge >= 0.3 is 0 Å². The third-order valence-corrected chi connectivity index (χ3v) is 2.46. The van der Waals surface area contributed by atoms with E-state index in [2.05, 4.69) is 47.6 Å². The Morgan fingerprint density at radius 1 is 1.29 bits per heavy atom. The minimum atomic E-state index is 0.0209. The second-order valence-electron chi connectivity index (χ2n) is 5.78. The lowest BCUT2D eigenvalue weighted by atomic mass is 9.84. The van der Waals surface area contributed by atoms with Crippen molar-refractivity contribution < 1.29 is 0 Å². The topological polar surface area (TPSA) is 12.4 Å². The lowest BCUT2D eigenvalue weighted by molar-refractivity contribution is 0.577. The highest BCUT2D eigenvalue weighted by Gasteiger charge is 2.31. The minimum absolute atomic E-state index is 0.0209. The maximum absolute atomic E-state index is 4.82. The van der Waals surface area contributed by atoms with Crippen molar-refractivity contribution in [1.29, 1.82) is 0 Å². The zero-order valence-corrected chi connectivity index (χ0v) is 10.4. The molecule has 0 aliphatic carbocycles. The molecule has 1 aliphatic heterocycles. The van der Waals surface area contributed by atoms with Gasteiger partial charge in [0.1, 0.15) is 0 Å². The fourth-order valence-electron chi connectivity index (χ4n) is 2.00. The first-order valence-corrected chi connectivity index (χ1v) is 5.59. The number of nitrogens with zero attached hydrogens (tertiary/aromatic N) is 1. The van der Waals surface area contributed by atoms with E-state index >= 15 is 0 Å². The van der Waals surface area contributed by atoms with Gasteiger partial charge in [-0.15, -0.1) is 0 Å². The van der Waals surface area contributed by atoms with E-state index in [4.69, 9.17) is 4.99 Å². The van der Waals surface area contributed by atoms with Crippen LogP contribution < -0.4 is 0 Å². The molecule has 0 saturated heterocycles. The van der Waals surface area contributed by atoms with Crippen LogP contribution in [0.15, 0.2) is 16.6 Å². The molecule has 1 rings (SSSR count). The van der Waals surface area contributed by atoms with Crippen LogP contribution in [0, 0.1) is 5.41 Å². The van der Waals surface area contributed by atoms with Crippen LogP contribution in [-0.4, -0.2) is 11.3 Å². The van der Waals surface area contributed by atoms with Crippen molar-refractivity contribution >= 4 is 5.71 Å². The van der Waals surface area contributed by atoms with Crippen molar-refractivity contribution in [2.24, 2.45) is 10.4 Å². The average molecular weight is 193 g/mol. The van der Waals surface area contributed by atoms with Crippen molar-refractivity contribution in [3.05, 3.63) is 11.6 Å². The van der Waals surface area contributed by atoms with Gasteiger partial charge in [-0.3, -0.25) is 4.99 Å². The smallest absolute Gasteiger partial charge is 0.0741 e. The first kappa shape index (κ1) is 11.5. The van der Waals surface area contributed by atoms with Gasteiger partial charge in [-0.2, -0.15) is 0 Å². The zero-order valence-electron chi connectivity index (χ0n) is 10.4. The fourth-order valence-corrected chi connectivity index (χ4v) is 2.00. The van der Waals surface area contributed by atoms with Gasteiger partial charge in [0.2, 0.25) is 0 Å². The van der Waals surface area contributed by atoms with Crippen LogP contribution in [-0.2, 0) is 0 Å². The first-order valence-electron chi connectivity index (χ1n) is 5.59. The Morgan fingerprint density at radius 3 is 2.29 bits per heavy atom. The van der Waals surface area contributed by atoms with E-state index in [0.717, 1.165) is 0 Å². The summed E-state index contributed by atoms with van der Waals surface area (Å²) in [4.78, 5) is 4.82. The Hall–Kier alpha value is -0.590. The molecule has 0 N–H and O–H groups in total. The van der Waals surface area contributed by atoms with Crippen molar-refractivity contribution in [1.82, 2.24) is 0 Å². The Kier molecular flexibility index (Phi) is 2.89. The van der Waals surface area contributed by atoms with E-state index in [1.165, 1.54) is 24.1 Å². The molecular weight excluding hydrogens is 170 g/mol. The molecule has 14 heavy (non-hydrogen) atoms. The molecule has 0 aromatic heterocycles. The maximum atomic E-state index is 4.82. The Morgan fingerprint density at radius 2 is 1.86 bits per heavy atom. The molecule has 0 saturated carbocycles. The highest BCUT2D eigenvalue weighted by Crippen LogP contribution is 2.33. The SMILES string of the molecule is CCCC1=CC(C)(C)N=C1C(C)(C)C. The lowest BCUT2D eigenvalue weighted by Crippen LogP contribution is -2.21. The number of aliphatic imine (C=N–C) groups is 1. The Bertz CT molecular complexity index is 274. The van der Waals surface area contributed by atoms with Crippen LogP contribution in [0.5, 0.6) is 0 Å². The summed E-state index contributed by atoms with van der Waals surface area (Å²) in [5, 5.41) is 0. The third-order valence-electron chi connectivity index (χ3n) is 2.46. The van der Waals surface area contributed by atoms with Gasteiger partial charge in [-0.1, -0.05) is 40.2 Å². The first-order chi connectivity index (χ1) is 6.26. The normalized spacial score (nSPS) is 20.7. The van der Waals surface area contributed by atoms with Gasteiger partial charge in [0.05, 0.1) is 5.54 Å². The van der Waals surface area contributed by atoms with Gasteiger partial charge in [0, 0.05) is 11.1 Å². The van der Waals surface area contributed by atoms with E-state index in [-0.39, 0.29) is 11.0 Å². The third kappa shape index (κ3) is 2.46. The number of allylic oxidation sites excluding steroid dienone is 1. The number of hydrogen-bond donors (Lipinski definition) is 0. The van der Waals surface area contributed by atoms with Crippen LogP contribution in [0.4, 0.5) is 0 Å². The van der Waals surface area contributed by atoms with Gasteiger partial charge in [0.15, 0.2) is 0 Å².